The second-order valence-electron chi connectivity index (χ2n) is 4.19. The van der Waals surface area contributed by atoms with Crippen molar-refractivity contribution in [3.8, 4) is 0 Å². The molecule has 0 aliphatic heterocycles. The molecular weight excluding hydrogens is 202 g/mol. The topological polar surface area (TPSA) is 52.3 Å². The normalized spacial score (nSPS) is 39.3. The maximum absolute atomic E-state index is 11.5. The summed E-state index contributed by atoms with van der Waals surface area (Å²) >= 11 is 0. The molecule has 0 aromatic heterocycles. The zero-order valence-electron chi connectivity index (χ0n) is 8.44. The van der Waals surface area contributed by atoms with Gasteiger partial charge in [0.15, 0.2) is 0 Å². The average molecular weight is 220 g/mol. The molecule has 2 N–H and O–H groups in total. The van der Waals surface area contributed by atoms with Crippen LogP contribution in [0.4, 0.5) is 0 Å². The lowest BCUT2D eigenvalue weighted by Gasteiger charge is -2.25. The smallest absolute Gasteiger partial charge is 0.310 e. The Balaban J connectivity index is 0.000000980. The molecule has 0 aromatic rings. The summed E-state index contributed by atoms with van der Waals surface area (Å²) in [6.45, 7) is 2.32. The van der Waals surface area contributed by atoms with Crippen LogP contribution in [0.15, 0.2) is 0 Å². The van der Waals surface area contributed by atoms with Gasteiger partial charge < -0.3 is 10.5 Å². The van der Waals surface area contributed by atoms with Gasteiger partial charge in [0.05, 0.1) is 12.5 Å². The van der Waals surface area contributed by atoms with E-state index < -0.39 is 0 Å². The molecule has 0 saturated heterocycles. The minimum absolute atomic E-state index is 0. The molecular formula is C10H18ClNO2. The van der Waals surface area contributed by atoms with Gasteiger partial charge >= 0.3 is 5.97 Å². The molecule has 0 heterocycles. The molecule has 2 bridgehead atoms. The fraction of sp³-hybridized carbons (Fsp3) is 0.900. The number of halogens is 1. The molecule has 2 saturated carbocycles. The Kier molecular flexibility index (Phi) is 3.78. The number of nitrogens with two attached hydrogens (primary N) is 1. The number of ether oxygens (including phenoxy) is 1. The van der Waals surface area contributed by atoms with E-state index in [1.165, 1.54) is 12.8 Å². The van der Waals surface area contributed by atoms with Crippen LogP contribution >= 0.6 is 12.4 Å². The maximum Gasteiger partial charge on any atom is 0.310 e. The van der Waals surface area contributed by atoms with Crippen molar-refractivity contribution in [3.05, 3.63) is 0 Å². The first kappa shape index (κ1) is 11.8. The molecule has 4 atom stereocenters. The average Bonchev–Trinajstić information content (AvgIpc) is 2.63. The standard InChI is InChI=1S/C10H17NO2.ClH/c1-2-13-10(12)8-6-3-4-7(5-6)9(8)11;/h6-9H,2-5,11H2,1H3;1H/t6-,7+,8-,9+;/m0./s1. The first-order valence-electron chi connectivity index (χ1n) is 5.16. The van der Waals surface area contributed by atoms with Crippen LogP contribution in [-0.4, -0.2) is 18.6 Å². The van der Waals surface area contributed by atoms with Gasteiger partial charge in [-0.25, -0.2) is 0 Å². The highest BCUT2D eigenvalue weighted by Gasteiger charge is 2.49. The number of esters is 1. The third kappa shape index (κ3) is 1.75. The second-order valence-corrected chi connectivity index (χ2v) is 4.19. The van der Waals surface area contributed by atoms with Crippen molar-refractivity contribution in [1.82, 2.24) is 0 Å². The fourth-order valence-corrected chi connectivity index (χ4v) is 2.92. The van der Waals surface area contributed by atoms with Gasteiger partial charge in [-0.3, -0.25) is 4.79 Å². The number of rotatable bonds is 2. The maximum atomic E-state index is 11.5. The number of carbonyl (C=O) groups excluding carboxylic acids is 1. The van der Waals surface area contributed by atoms with Gasteiger partial charge in [-0.2, -0.15) is 0 Å². The summed E-state index contributed by atoms with van der Waals surface area (Å²) in [6, 6.07) is 0.0674. The van der Waals surface area contributed by atoms with Crippen molar-refractivity contribution < 1.29 is 9.53 Å². The van der Waals surface area contributed by atoms with Gasteiger partial charge in [-0.05, 0) is 38.0 Å². The molecule has 14 heavy (non-hydrogen) atoms. The largest absolute Gasteiger partial charge is 0.466 e. The number of hydrogen-bond donors (Lipinski definition) is 1. The molecule has 0 unspecified atom stereocenters. The SMILES string of the molecule is CCOC(=O)[C@H]1[C@H]2CC[C@H](C2)[C@H]1N.Cl. The van der Waals surface area contributed by atoms with Gasteiger partial charge in [0.1, 0.15) is 0 Å². The van der Waals surface area contributed by atoms with Gasteiger partial charge in [0.2, 0.25) is 0 Å². The Morgan fingerprint density at radius 2 is 2.07 bits per heavy atom. The summed E-state index contributed by atoms with van der Waals surface area (Å²) < 4.78 is 5.03. The van der Waals surface area contributed by atoms with Crippen molar-refractivity contribution >= 4 is 18.4 Å². The predicted octanol–water partition coefficient (Wildman–Crippen LogP) is 1.34. The van der Waals surface area contributed by atoms with E-state index in [0.717, 1.165) is 6.42 Å². The quantitative estimate of drug-likeness (QED) is 0.714. The lowest BCUT2D eigenvalue weighted by atomic mass is 9.85. The highest BCUT2D eigenvalue weighted by Crippen LogP contribution is 2.47. The number of hydrogen-bond acceptors (Lipinski definition) is 3. The van der Waals surface area contributed by atoms with Crippen molar-refractivity contribution in [1.29, 1.82) is 0 Å². The minimum atomic E-state index is -0.0674. The van der Waals surface area contributed by atoms with Crippen molar-refractivity contribution in [2.45, 2.75) is 32.2 Å². The monoisotopic (exact) mass is 219 g/mol. The zero-order chi connectivity index (χ0) is 9.42. The van der Waals surface area contributed by atoms with E-state index >= 15 is 0 Å². The molecule has 0 amide bonds. The van der Waals surface area contributed by atoms with Crippen LogP contribution in [0, 0.1) is 17.8 Å². The minimum Gasteiger partial charge on any atom is -0.466 e. The molecule has 4 heteroatoms. The van der Waals surface area contributed by atoms with Crippen molar-refractivity contribution in [2.75, 3.05) is 6.61 Å². The van der Waals surface area contributed by atoms with Gasteiger partial charge in [-0.15, -0.1) is 12.4 Å². The fourth-order valence-electron chi connectivity index (χ4n) is 2.92. The van der Waals surface area contributed by atoms with E-state index in [9.17, 15) is 4.79 Å². The number of carbonyl (C=O) groups is 1. The third-order valence-corrected chi connectivity index (χ3v) is 3.54. The molecule has 3 nitrogen and oxygen atoms in total. The second kappa shape index (κ2) is 4.49. The Labute approximate surface area is 90.8 Å². The molecule has 0 aromatic carbocycles. The molecule has 0 spiro atoms. The first-order valence-corrected chi connectivity index (χ1v) is 5.16. The molecule has 2 rings (SSSR count). The van der Waals surface area contributed by atoms with Gasteiger partial charge in [-0.1, -0.05) is 0 Å². The summed E-state index contributed by atoms with van der Waals surface area (Å²) in [5.74, 6) is 1.03. The molecule has 82 valence electrons. The van der Waals surface area contributed by atoms with E-state index in [1.807, 2.05) is 6.92 Å². The molecule has 2 fully saturated rings. The number of fused-ring (bicyclic) bond motifs is 2. The summed E-state index contributed by atoms with van der Waals surface area (Å²) in [6.07, 6.45) is 3.52. The Morgan fingerprint density at radius 3 is 2.57 bits per heavy atom. The molecule has 2 aliphatic carbocycles. The predicted molar refractivity (Wildman–Crippen MR) is 56.2 cm³/mol. The van der Waals surface area contributed by atoms with Crippen LogP contribution in [-0.2, 0) is 9.53 Å². The molecule has 0 radical (unpaired) electrons. The lowest BCUT2D eigenvalue weighted by molar-refractivity contribution is -0.150. The summed E-state index contributed by atoms with van der Waals surface area (Å²) in [5.41, 5.74) is 5.99. The molecule has 2 aliphatic rings. The zero-order valence-corrected chi connectivity index (χ0v) is 9.26. The van der Waals surface area contributed by atoms with E-state index in [4.69, 9.17) is 10.5 Å². The highest BCUT2D eigenvalue weighted by molar-refractivity contribution is 5.85. The lowest BCUT2D eigenvalue weighted by Crippen LogP contribution is -2.41. The van der Waals surface area contributed by atoms with Gasteiger partial charge in [0.25, 0.3) is 0 Å². The van der Waals surface area contributed by atoms with Crippen LogP contribution < -0.4 is 5.73 Å². The van der Waals surface area contributed by atoms with Crippen molar-refractivity contribution in [3.63, 3.8) is 0 Å². The summed E-state index contributed by atoms with van der Waals surface area (Å²) in [7, 11) is 0. The summed E-state index contributed by atoms with van der Waals surface area (Å²) in [4.78, 5) is 11.5. The van der Waals surface area contributed by atoms with Crippen LogP contribution in [0.3, 0.4) is 0 Å². The van der Waals surface area contributed by atoms with Crippen LogP contribution in [0.1, 0.15) is 26.2 Å². The van der Waals surface area contributed by atoms with E-state index in [1.54, 1.807) is 0 Å². The van der Waals surface area contributed by atoms with Crippen LogP contribution in [0.25, 0.3) is 0 Å². The first-order chi connectivity index (χ1) is 6.24. The van der Waals surface area contributed by atoms with Gasteiger partial charge in [0, 0.05) is 6.04 Å². The Bertz CT molecular complexity index is 220. The summed E-state index contributed by atoms with van der Waals surface area (Å²) in [5, 5.41) is 0. The van der Waals surface area contributed by atoms with E-state index in [2.05, 4.69) is 0 Å². The van der Waals surface area contributed by atoms with E-state index in [-0.39, 0.29) is 30.3 Å². The third-order valence-electron chi connectivity index (χ3n) is 3.54. The Hall–Kier alpha value is -0.280. The van der Waals surface area contributed by atoms with Crippen molar-refractivity contribution in [2.24, 2.45) is 23.5 Å². The van der Waals surface area contributed by atoms with Crippen LogP contribution in [0.2, 0.25) is 0 Å². The Morgan fingerprint density at radius 1 is 1.43 bits per heavy atom. The van der Waals surface area contributed by atoms with Crippen LogP contribution in [0.5, 0.6) is 0 Å². The van der Waals surface area contributed by atoms with E-state index in [0.29, 0.717) is 18.4 Å². The highest BCUT2D eigenvalue weighted by atomic mass is 35.5.